The quantitative estimate of drug-likeness (QED) is 0.840. The lowest BCUT2D eigenvalue weighted by Gasteiger charge is -2.39. The second kappa shape index (κ2) is 6.28. The van der Waals surface area contributed by atoms with E-state index in [0.29, 0.717) is 35.7 Å². The lowest BCUT2D eigenvalue weighted by Crippen LogP contribution is -2.46. The molecule has 2 heterocycles. The van der Waals surface area contributed by atoms with Gasteiger partial charge >= 0.3 is 5.97 Å². The first-order chi connectivity index (χ1) is 10.9. The molecule has 1 aromatic rings. The van der Waals surface area contributed by atoms with Gasteiger partial charge < -0.3 is 9.84 Å². The average molecular weight is 354 g/mol. The Morgan fingerprint density at radius 2 is 2.22 bits per heavy atom. The van der Waals surface area contributed by atoms with Crippen LogP contribution in [0.25, 0.3) is 0 Å². The molecule has 2 aliphatic rings. The topological polar surface area (TPSA) is 66.8 Å². The van der Waals surface area contributed by atoms with Crippen LogP contribution >= 0.6 is 23.4 Å². The van der Waals surface area contributed by atoms with Crippen molar-refractivity contribution >= 4 is 34.4 Å². The zero-order valence-corrected chi connectivity index (χ0v) is 14.1. The Morgan fingerprint density at radius 3 is 2.91 bits per heavy atom. The molecule has 0 amide bonds. The number of piperidine rings is 1. The Morgan fingerprint density at radius 1 is 1.48 bits per heavy atom. The van der Waals surface area contributed by atoms with Crippen molar-refractivity contribution in [3.05, 3.63) is 46.5 Å². The number of likely N-dealkylation sites (tertiary alicyclic amines) is 1. The predicted molar refractivity (Wildman–Crippen MR) is 88.0 cm³/mol. The third-order valence-corrected chi connectivity index (χ3v) is 5.63. The number of rotatable bonds is 3. The molecule has 0 spiro atoms. The van der Waals surface area contributed by atoms with Gasteiger partial charge in [0.2, 0.25) is 5.12 Å². The van der Waals surface area contributed by atoms with Gasteiger partial charge in [-0.15, -0.1) is 0 Å². The van der Waals surface area contributed by atoms with Gasteiger partial charge in [0.1, 0.15) is 11.0 Å². The molecule has 1 saturated heterocycles. The molecular weight excluding hydrogens is 338 g/mol. The molecule has 2 atom stereocenters. The number of halogens is 1. The summed E-state index contributed by atoms with van der Waals surface area (Å²) in [5.74, 6) is -0.416. The lowest BCUT2D eigenvalue weighted by molar-refractivity contribution is -0.147. The van der Waals surface area contributed by atoms with E-state index in [9.17, 15) is 14.7 Å². The molecular formula is C16H16ClNO4S. The van der Waals surface area contributed by atoms with Crippen molar-refractivity contribution in [3.63, 3.8) is 0 Å². The fraction of sp³-hybridized carbons (Fsp3) is 0.375. The van der Waals surface area contributed by atoms with Crippen molar-refractivity contribution < 1.29 is 19.4 Å². The average Bonchev–Trinajstić information content (AvgIpc) is 2.82. The van der Waals surface area contributed by atoms with Crippen LogP contribution < -0.4 is 0 Å². The predicted octanol–water partition coefficient (Wildman–Crippen LogP) is 2.15. The van der Waals surface area contributed by atoms with Crippen LogP contribution in [0.15, 0.2) is 35.9 Å². The maximum Gasteiger partial charge on any atom is 0.327 e. The van der Waals surface area contributed by atoms with Gasteiger partial charge in [-0.05, 0) is 35.0 Å². The minimum Gasteiger partial charge on any atom is -0.468 e. The summed E-state index contributed by atoms with van der Waals surface area (Å²) in [5.41, 5.74) is 1.28. The van der Waals surface area contributed by atoms with Crippen LogP contribution in [0.4, 0.5) is 0 Å². The first kappa shape index (κ1) is 16.5. The van der Waals surface area contributed by atoms with Crippen LogP contribution in [0.3, 0.4) is 0 Å². The van der Waals surface area contributed by atoms with Crippen LogP contribution in [0.1, 0.15) is 18.0 Å². The molecule has 0 aliphatic carbocycles. The molecule has 23 heavy (non-hydrogen) atoms. The molecule has 0 radical (unpaired) electrons. The summed E-state index contributed by atoms with van der Waals surface area (Å²) in [7, 11) is 1.33. The molecule has 122 valence electrons. The molecule has 7 heteroatoms. The summed E-state index contributed by atoms with van der Waals surface area (Å²) in [5, 5.41) is 10.8. The first-order valence-electron chi connectivity index (χ1n) is 7.17. The van der Waals surface area contributed by atoms with Crippen molar-refractivity contribution in [1.29, 1.82) is 0 Å². The Bertz CT molecular complexity index is 692. The number of benzene rings is 1. The van der Waals surface area contributed by atoms with E-state index in [4.69, 9.17) is 16.3 Å². The number of ether oxygens (including phenoxy) is 1. The molecule has 2 aliphatic heterocycles. The maximum absolute atomic E-state index is 12.3. The number of aliphatic hydroxyl groups is 1. The second-order valence-corrected chi connectivity index (χ2v) is 7.23. The summed E-state index contributed by atoms with van der Waals surface area (Å²) < 4.78 is 4.94. The Hall–Kier alpha value is -1.34. The number of esters is 1. The van der Waals surface area contributed by atoms with Gasteiger partial charge in [-0.1, -0.05) is 29.8 Å². The van der Waals surface area contributed by atoms with E-state index in [1.165, 1.54) is 13.2 Å². The third-order valence-electron chi connectivity index (χ3n) is 4.16. The van der Waals surface area contributed by atoms with Crippen LogP contribution in [0.5, 0.6) is 0 Å². The van der Waals surface area contributed by atoms with Gasteiger partial charge in [0.25, 0.3) is 0 Å². The Labute approximate surface area is 143 Å². The number of thioether (sulfide) groups is 1. The van der Waals surface area contributed by atoms with Gasteiger partial charge in [0.05, 0.1) is 7.11 Å². The van der Waals surface area contributed by atoms with E-state index in [0.717, 1.165) is 11.8 Å². The summed E-state index contributed by atoms with van der Waals surface area (Å²) in [6.07, 6.45) is 1.82. The molecule has 2 unspecified atom stereocenters. The molecule has 0 bridgehead atoms. The normalized spacial score (nSPS) is 25.7. The number of nitrogens with zero attached hydrogens (tertiary/aromatic N) is 1. The fourth-order valence-electron chi connectivity index (χ4n) is 2.99. The van der Waals surface area contributed by atoms with E-state index >= 15 is 0 Å². The number of fused-ring (bicyclic) bond motifs is 1. The van der Waals surface area contributed by atoms with Crippen LogP contribution in [0.2, 0.25) is 5.02 Å². The minimum absolute atomic E-state index is 0.156. The van der Waals surface area contributed by atoms with Crippen molar-refractivity contribution in [3.8, 4) is 0 Å². The molecule has 1 aromatic carbocycles. The molecule has 5 nitrogen and oxygen atoms in total. The van der Waals surface area contributed by atoms with E-state index in [1.807, 2.05) is 11.0 Å². The van der Waals surface area contributed by atoms with Crippen LogP contribution in [0, 0.1) is 0 Å². The minimum atomic E-state index is -1.14. The summed E-state index contributed by atoms with van der Waals surface area (Å²) >= 11 is 7.18. The van der Waals surface area contributed by atoms with E-state index < -0.39 is 16.9 Å². The largest absolute Gasteiger partial charge is 0.468 e. The Balaban J connectivity index is 1.93. The van der Waals surface area contributed by atoms with Crippen molar-refractivity contribution in [2.45, 2.75) is 17.4 Å². The highest BCUT2D eigenvalue weighted by Crippen LogP contribution is 2.45. The lowest BCUT2D eigenvalue weighted by atomic mass is 9.96. The van der Waals surface area contributed by atoms with Crippen LogP contribution in [-0.4, -0.2) is 46.2 Å². The third kappa shape index (κ3) is 3.04. The zero-order valence-electron chi connectivity index (χ0n) is 12.5. The number of hydrogen-bond donors (Lipinski definition) is 1. The summed E-state index contributed by atoms with van der Waals surface area (Å²) in [4.78, 5) is 24.7. The number of carbonyl (C=O) groups excluding carboxylic acids is 2. The van der Waals surface area contributed by atoms with Crippen molar-refractivity contribution in [1.82, 2.24) is 4.90 Å². The highest BCUT2D eigenvalue weighted by Gasteiger charge is 2.46. The van der Waals surface area contributed by atoms with Gasteiger partial charge in [0.15, 0.2) is 0 Å². The van der Waals surface area contributed by atoms with Gasteiger partial charge in [-0.3, -0.25) is 9.69 Å². The summed E-state index contributed by atoms with van der Waals surface area (Å²) in [6.45, 7) is 0.777. The van der Waals surface area contributed by atoms with Crippen molar-refractivity contribution in [2.75, 3.05) is 20.2 Å². The highest BCUT2D eigenvalue weighted by atomic mass is 35.5. The van der Waals surface area contributed by atoms with E-state index in [2.05, 4.69) is 0 Å². The van der Waals surface area contributed by atoms with Gasteiger partial charge in [-0.25, -0.2) is 4.79 Å². The molecule has 3 rings (SSSR count). The number of methoxy groups -OCH3 is 1. The monoisotopic (exact) mass is 353 g/mol. The fourth-order valence-corrected chi connectivity index (χ4v) is 4.21. The first-order valence-corrected chi connectivity index (χ1v) is 8.37. The van der Waals surface area contributed by atoms with Crippen molar-refractivity contribution in [2.24, 2.45) is 0 Å². The van der Waals surface area contributed by atoms with E-state index in [1.54, 1.807) is 18.2 Å². The highest BCUT2D eigenvalue weighted by molar-refractivity contribution is 8.15. The number of hydrogen-bond acceptors (Lipinski definition) is 6. The van der Waals surface area contributed by atoms with Gasteiger partial charge in [0, 0.05) is 24.5 Å². The van der Waals surface area contributed by atoms with Crippen LogP contribution in [-0.2, 0) is 14.3 Å². The SMILES string of the molecule is COC(=O)C(c1ccccc1Cl)N1CCC2(O)SC(=O)C=C2C1. The standard InChI is InChI=1S/C16H16ClNO4S/c1-22-15(20)14(11-4-2-3-5-12(11)17)18-7-6-16(21)10(9-18)8-13(19)23-16/h2-5,8,14,21H,6-7,9H2,1H3. The zero-order chi connectivity index (χ0) is 16.6. The molecule has 1 N–H and O–H groups in total. The number of carbonyl (C=O) groups is 2. The summed E-state index contributed by atoms with van der Waals surface area (Å²) in [6, 6.07) is 6.45. The molecule has 0 saturated carbocycles. The molecule has 0 aromatic heterocycles. The second-order valence-electron chi connectivity index (χ2n) is 5.54. The smallest absolute Gasteiger partial charge is 0.327 e. The van der Waals surface area contributed by atoms with Gasteiger partial charge in [-0.2, -0.15) is 0 Å². The van der Waals surface area contributed by atoms with E-state index in [-0.39, 0.29) is 5.12 Å². The maximum atomic E-state index is 12.3. The Kier molecular flexibility index (Phi) is 4.51. The molecule has 1 fully saturated rings.